The van der Waals surface area contributed by atoms with E-state index in [-0.39, 0.29) is 11.8 Å². The third-order valence-electron chi connectivity index (χ3n) is 3.29. The molecule has 1 heterocycles. The fraction of sp³-hybridized carbons (Fsp3) is 0.462. The molecule has 0 radical (unpaired) electrons. The van der Waals surface area contributed by atoms with Crippen LogP contribution < -0.4 is 10.6 Å². The van der Waals surface area contributed by atoms with Crippen LogP contribution in [-0.4, -0.2) is 19.0 Å². The van der Waals surface area contributed by atoms with Crippen molar-refractivity contribution < 1.29 is 4.79 Å². The van der Waals surface area contributed by atoms with E-state index in [0.29, 0.717) is 17.5 Å². The van der Waals surface area contributed by atoms with E-state index < -0.39 is 0 Å². The molecule has 0 aromatic heterocycles. The zero-order chi connectivity index (χ0) is 12.3. The van der Waals surface area contributed by atoms with Gasteiger partial charge in [0, 0.05) is 17.5 Å². The first kappa shape index (κ1) is 12.4. The molecule has 3 nitrogen and oxygen atoms in total. The van der Waals surface area contributed by atoms with Gasteiger partial charge in [-0.25, -0.2) is 0 Å². The van der Waals surface area contributed by atoms with Gasteiger partial charge >= 0.3 is 0 Å². The number of benzene rings is 1. The molecule has 1 aromatic rings. The van der Waals surface area contributed by atoms with E-state index in [1.165, 1.54) is 0 Å². The van der Waals surface area contributed by atoms with Crippen LogP contribution in [0.3, 0.4) is 0 Å². The summed E-state index contributed by atoms with van der Waals surface area (Å²) < 4.78 is 0. The highest BCUT2D eigenvalue weighted by atomic mass is 35.5. The molecule has 0 bridgehead atoms. The third-order valence-corrected chi connectivity index (χ3v) is 3.52. The highest BCUT2D eigenvalue weighted by Gasteiger charge is 2.28. The van der Waals surface area contributed by atoms with E-state index in [2.05, 4.69) is 10.6 Å². The fourth-order valence-electron chi connectivity index (χ4n) is 1.88. The Hall–Kier alpha value is -1.06. The van der Waals surface area contributed by atoms with E-state index >= 15 is 0 Å². The summed E-state index contributed by atoms with van der Waals surface area (Å²) in [5, 5.41) is 6.83. The summed E-state index contributed by atoms with van der Waals surface area (Å²) in [6.45, 7) is 4.43. The lowest BCUT2D eigenvalue weighted by Crippen LogP contribution is -2.49. The Morgan fingerprint density at radius 1 is 1.59 bits per heavy atom. The minimum absolute atomic E-state index is 0.0791. The van der Waals surface area contributed by atoms with Gasteiger partial charge in [-0.05, 0) is 36.7 Å². The summed E-state index contributed by atoms with van der Waals surface area (Å²) >= 11 is 5.88. The molecule has 2 rings (SSSR count). The lowest BCUT2D eigenvalue weighted by Gasteiger charge is -2.31. The summed E-state index contributed by atoms with van der Waals surface area (Å²) in [7, 11) is 0. The van der Waals surface area contributed by atoms with Gasteiger partial charge in [-0.3, -0.25) is 4.79 Å². The maximum atomic E-state index is 11.9. The first-order chi connectivity index (χ1) is 8.16. The third kappa shape index (κ3) is 3.20. The molecule has 1 aliphatic rings. The van der Waals surface area contributed by atoms with E-state index in [4.69, 9.17) is 11.6 Å². The van der Waals surface area contributed by atoms with Crippen molar-refractivity contribution in [1.82, 2.24) is 10.6 Å². The van der Waals surface area contributed by atoms with E-state index in [1.54, 1.807) is 0 Å². The molecule has 1 amide bonds. The molecule has 0 aliphatic carbocycles. The van der Waals surface area contributed by atoms with Gasteiger partial charge in [0.05, 0.1) is 0 Å². The van der Waals surface area contributed by atoms with Crippen LogP contribution in [0.2, 0.25) is 5.02 Å². The second kappa shape index (κ2) is 5.52. The predicted molar refractivity (Wildman–Crippen MR) is 68.8 cm³/mol. The smallest absolute Gasteiger partial charge is 0.223 e. The summed E-state index contributed by atoms with van der Waals surface area (Å²) in [4.78, 5) is 11.9. The van der Waals surface area contributed by atoms with Gasteiger partial charge in [0.15, 0.2) is 0 Å². The van der Waals surface area contributed by atoms with Crippen LogP contribution >= 0.6 is 11.6 Å². The summed E-state index contributed by atoms with van der Waals surface area (Å²) in [5.74, 6) is 0.682. The van der Waals surface area contributed by atoms with Crippen LogP contribution in [0, 0.1) is 11.8 Å². The molecule has 1 saturated heterocycles. The number of amides is 1. The number of hydrogen-bond acceptors (Lipinski definition) is 2. The molecule has 92 valence electrons. The highest BCUT2D eigenvalue weighted by Crippen LogP contribution is 2.16. The standard InChI is InChI=1S/C13H17ClN2O/c1-9(11-7-15-8-11)13(17)16-6-10-3-2-4-12(14)5-10/h2-5,9,11,15H,6-8H2,1H3,(H,16,17). The number of halogens is 1. The van der Waals surface area contributed by atoms with Gasteiger partial charge in [-0.1, -0.05) is 30.7 Å². The van der Waals surface area contributed by atoms with Crippen molar-refractivity contribution in [3.8, 4) is 0 Å². The maximum Gasteiger partial charge on any atom is 0.223 e. The first-order valence-corrected chi connectivity index (χ1v) is 6.27. The molecule has 17 heavy (non-hydrogen) atoms. The second-order valence-electron chi connectivity index (χ2n) is 4.55. The molecule has 1 aromatic carbocycles. The van der Waals surface area contributed by atoms with Gasteiger partial charge in [0.1, 0.15) is 0 Å². The van der Waals surface area contributed by atoms with Crippen LogP contribution in [0.1, 0.15) is 12.5 Å². The molecule has 4 heteroatoms. The van der Waals surface area contributed by atoms with E-state index in [9.17, 15) is 4.79 Å². The molecule has 1 aliphatic heterocycles. The Balaban J connectivity index is 1.83. The van der Waals surface area contributed by atoms with Crippen molar-refractivity contribution in [3.63, 3.8) is 0 Å². The predicted octanol–water partition coefficient (Wildman–Crippen LogP) is 1.81. The summed E-state index contributed by atoms with van der Waals surface area (Å²) in [6, 6.07) is 7.55. The van der Waals surface area contributed by atoms with Crippen molar-refractivity contribution in [1.29, 1.82) is 0 Å². The van der Waals surface area contributed by atoms with Gasteiger partial charge in [0.2, 0.25) is 5.91 Å². The zero-order valence-corrected chi connectivity index (χ0v) is 10.6. The molecular weight excluding hydrogens is 236 g/mol. The van der Waals surface area contributed by atoms with Crippen LogP contribution in [0.25, 0.3) is 0 Å². The lowest BCUT2D eigenvalue weighted by molar-refractivity contribution is -0.126. The number of nitrogens with one attached hydrogen (secondary N) is 2. The second-order valence-corrected chi connectivity index (χ2v) is 4.99. The Morgan fingerprint density at radius 3 is 2.94 bits per heavy atom. The summed E-state index contributed by atoms with van der Waals surface area (Å²) in [6.07, 6.45) is 0. The molecular formula is C13H17ClN2O. The largest absolute Gasteiger partial charge is 0.352 e. The normalized spacial score (nSPS) is 17.3. The topological polar surface area (TPSA) is 41.1 Å². The van der Waals surface area contributed by atoms with Gasteiger partial charge < -0.3 is 10.6 Å². The molecule has 1 unspecified atom stereocenters. The number of carbonyl (C=O) groups is 1. The van der Waals surface area contributed by atoms with Crippen molar-refractivity contribution in [2.45, 2.75) is 13.5 Å². The SMILES string of the molecule is CC(C(=O)NCc1cccc(Cl)c1)C1CNC1. The average molecular weight is 253 g/mol. The molecule has 1 fully saturated rings. The van der Waals surface area contributed by atoms with Crippen LogP contribution in [-0.2, 0) is 11.3 Å². The monoisotopic (exact) mass is 252 g/mol. The highest BCUT2D eigenvalue weighted by molar-refractivity contribution is 6.30. The Labute approximate surface area is 107 Å². The van der Waals surface area contributed by atoms with Gasteiger partial charge in [-0.15, -0.1) is 0 Å². The van der Waals surface area contributed by atoms with Crippen molar-refractivity contribution >= 4 is 17.5 Å². The Bertz CT molecular complexity index is 404. The molecule has 0 saturated carbocycles. The van der Waals surface area contributed by atoms with Crippen LogP contribution in [0.4, 0.5) is 0 Å². The number of rotatable bonds is 4. The number of carbonyl (C=O) groups excluding carboxylic acids is 1. The van der Waals surface area contributed by atoms with Gasteiger partial charge in [0.25, 0.3) is 0 Å². The lowest BCUT2D eigenvalue weighted by atomic mass is 9.88. The van der Waals surface area contributed by atoms with Crippen LogP contribution in [0.5, 0.6) is 0 Å². The minimum Gasteiger partial charge on any atom is -0.352 e. The average Bonchev–Trinajstić information content (AvgIpc) is 2.23. The van der Waals surface area contributed by atoms with Crippen molar-refractivity contribution in [2.75, 3.05) is 13.1 Å². The zero-order valence-electron chi connectivity index (χ0n) is 9.87. The fourth-order valence-corrected chi connectivity index (χ4v) is 2.09. The Morgan fingerprint density at radius 2 is 2.35 bits per heavy atom. The Kier molecular flexibility index (Phi) is 4.02. The van der Waals surface area contributed by atoms with Crippen molar-refractivity contribution in [2.24, 2.45) is 11.8 Å². The molecule has 1 atom stereocenters. The van der Waals surface area contributed by atoms with E-state index in [1.807, 2.05) is 31.2 Å². The molecule has 2 N–H and O–H groups in total. The maximum absolute atomic E-state index is 11.9. The van der Waals surface area contributed by atoms with Gasteiger partial charge in [-0.2, -0.15) is 0 Å². The molecule has 0 spiro atoms. The minimum atomic E-state index is 0.0791. The van der Waals surface area contributed by atoms with Crippen molar-refractivity contribution in [3.05, 3.63) is 34.9 Å². The first-order valence-electron chi connectivity index (χ1n) is 5.89. The summed E-state index contributed by atoms with van der Waals surface area (Å²) in [5.41, 5.74) is 1.03. The quantitative estimate of drug-likeness (QED) is 0.858. The number of hydrogen-bond donors (Lipinski definition) is 2. The van der Waals surface area contributed by atoms with Crippen LogP contribution in [0.15, 0.2) is 24.3 Å². The van der Waals surface area contributed by atoms with E-state index in [0.717, 1.165) is 18.7 Å².